The summed E-state index contributed by atoms with van der Waals surface area (Å²) in [6.45, 7) is 8.33. The maximum absolute atomic E-state index is 10.5. The minimum absolute atomic E-state index is 0.0472. The third-order valence-electron chi connectivity index (χ3n) is 2.53. The summed E-state index contributed by atoms with van der Waals surface area (Å²) in [6, 6.07) is 6.13. The number of nitrogens with one attached hydrogen (secondary N) is 1. The lowest BCUT2D eigenvalue weighted by molar-refractivity contribution is -0.134. The Balaban J connectivity index is 2.95. The third kappa shape index (κ3) is 3.26. The van der Waals surface area contributed by atoms with Crippen molar-refractivity contribution in [2.75, 3.05) is 11.9 Å². The molecule has 0 saturated heterocycles. The van der Waals surface area contributed by atoms with E-state index in [-0.39, 0.29) is 12.0 Å². The summed E-state index contributed by atoms with van der Waals surface area (Å²) in [6.07, 6.45) is 0. The molecule has 3 nitrogen and oxygen atoms in total. The number of rotatable bonds is 3. The predicted molar refractivity (Wildman–Crippen MR) is 66.0 cm³/mol. The molecule has 0 atom stereocenters. The van der Waals surface area contributed by atoms with Gasteiger partial charge in [-0.3, -0.25) is 4.79 Å². The fourth-order valence-electron chi connectivity index (χ4n) is 1.45. The van der Waals surface area contributed by atoms with E-state index < -0.39 is 5.97 Å². The van der Waals surface area contributed by atoms with Crippen LogP contribution in [0.1, 0.15) is 31.9 Å². The van der Waals surface area contributed by atoms with Gasteiger partial charge in [-0.25, -0.2) is 0 Å². The Morgan fingerprint density at radius 3 is 2.50 bits per heavy atom. The molecule has 0 fully saturated rings. The maximum atomic E-state index is 10.5. The number of hydrogen-bond acceptors (Lipinski definition) is 2. The van der Waals surface area contributed by atoms with E-state index in [1.54, 1.807) is 0 Å². The van der Waals surface area contributed by atoms with Crippen molar-refractivity contribution in [2.24, 2.45) is 0 Å². The fourth-order valence-corrected chi connectivity index (χ4v) is 1.45. The number of hydrogen-bond donors (Lipinski definition) is 2. The van der Waals surface area contributed by atoms with Crippen LogP contribution >= 0.6 is 0 Å². The molecule has 1 aromatic carbocycles. The van der Waals surface area contributed by atoms with E-state index in [0.717, 1.165) is 11.3 Å². The zero-order valence-corrected chi connectivity index (χ0v) is 10.3. The van der Waals surface area contributed by atoms with Crippen LogP contribution in [0.25, 0.3) is 0 Å². The molecular formula is C13H19NO2. The topological polar surface area (TPSA) is 49.3 Å². The SMILES string of the molecule is Cc1ccc(C(C)(C)C)cc1NCC(=O)O. The number of anilines is 1. The van der Waals surface area contributed by atoms with Gasteiger partial charge in [-0.05, 0) is 29.5 Å². The third-order valence-corrected chi connectivity index (χ3v) is 2.53. The zero-order chi connectivity index (χ0) is 12.3. The van der Waals surface area contributed by atoms with Gasteiger partial charge in [-0.2, -0.15) is 0 Å². The molecule has 3 heteroatoms. The molecular weight excluding hydrogens is 202 g/mol. The standard InChI is InChI=1S/C13H19NO2/c1-9-5-6-10(13(2,3)4)7-11(9)14-8-12(15)16/h5-7,14H,8H2,1-4H3,(H,15,16). The zero-order valence-electron chi connectivity index (χ0n) is 10.3. The van der Waals surface area contributed by atoms with Crippen LogP contribution in [0.2, 0.25) is 0 Å². The molecule has 88 valence electrons. The van der Waals surface area contributed by atoms with Crippen molar-refractivity contribution in [2.45, 2.75) is 33.1 Å². The molecule has 16 heavy (non-hydrogen) atoms. The van der Waals surface area contributed by atoms with Gasteiger partial charge < -0.3 is 10.4 Å². The van der Waals surface area contributed by atoms with Gasteiger partial charge in [0.15, 0.2) is 0 Å². The van der Waals surface area contributed by atoms with E-state index in [2.05, 4.69) is 32.2 Å². The van der Waals surface area contributed by atoms with E-state index in [1.165, 1.54) is 5.56 Å². The highest BCUT2D eigenvalue weighted by Gasteiger charge is 2.14. The molecule has 0 heterocycles. The van der Waals surface area contributed by atoms with Crippen LogP contribution in [0, 0.1) is 6.92 Å². The number of aliphatic carboxylic acids is 1. The molecule has 0 aliphatic carbocycles. The van der Waals surface area contributed by atoms with E-state index in [4.69, 9.17) is 5.11 Å². The highest BCUT2D eigenvalue weighted by atomic mass is 16.4. The molecule has 1 aromatic rings. The fraction of sp³-hybridized carbons (Fsp3) is 0.462. The molecule has 0 aliphatic heterocycles. The van der Waals surface area contributed by atoms with Crippen LogP contribution in [0.3, 0.4) is 0 Å². The molecule has 0 bridgehead atoms. The largest absolute Gasteiger partial charge is 0.480 e. The number of carboxylic acid groups (broad SMARTS) is 1. The predicted octanol–water partition coefficient (Wildman–Crippen LogP) is 2.79. The second-order valence-corrected chi connectivity index (χ2v) is 5.03. The first-order valence-corrected chi connectivity index (χ1v) is 5.37. The van der Waals surface area contributed by atoms with Gasteiger partial charge in [0.1, 0.15) is 6.54 Å². The summed E-state index contributed by atoms with van der Waals surface area (Å²) in [7, 11) is 0. The van der Waals surface area contributed by atoms with E-state index >= 15 is 0 Å². The summed E-state index contributed by atoms with van der Waals surface area (Å²) in [5, 5.41) is 11.6. The van der Waals surface area contributed by atoms with E-state index in [0.29, 0.717) is 0 Å². The van der Waals surface area contributed by atoms with Crippen LogP contribution in [-0.2, 0) is 10.2 Å². The van der Waals surface area contributed by atoms with Crippen molar-refractivity contribution in [3.8, 4) is 0 Å². The average Bonchev–Trinajstić information content (AvgIpc) is 2.14. The molecule has 0 aromatic heterocycles. The Bertz CT molecular complexity index is 391. The Morgan fingerprint density at radius 2 is 2.00 bits per heavy atom. The van der Waals surface area contributed by atoms with Crippen LogP contribution in [-0.4, -0.2) is 17.6 Å². The van der Waals surface area contributed by atoms with Gasteiger partial charge in [0, 0.05) is 5.69 Å². The average molecular weight is 221 g/mol. The first kappa shape index (κ1) is 12.6. The Hall–Kier alpha value is -1.51. The number of benzene rings is 1. The molecule has 1 rings (SSSR count). The smallest absolute Gasteiger partial charge is 0.322 e. The number of carbonyl (C=O) groups is 1. The lowest BCUT2D eigenvalue weighted by Crippen LogP contribution is -2.15. The van der Waals surface area contributed by atoms with Gasteiger partial charge in [0.2, 0.25) is 0 Å². The first-order valence-electron chi connectivity index (χ1n) is 5.37. The molecule has 0 unspecified atom stereocenters. The molecule has 0 radical (unpaired) electrons. The van der Waals surface area contributed by atoms with Gasteiger partial charge in [0.05, 0.1) is 0 Å². The minimum atomic E-state index is -0.847. The van der Waals surface area contributed by atoms with Crippen LogP contribution < -0.4 is 5.32 Å². The van der Waals surface area contributed by atoms with Crippen LogP contribution in [0.4, 0.5) is 5.69 Å². The summed E-state index contributed by atoms with van der Waals surface area (Å²) < 4.78 is 0. The Morgan fingerprint density at radius 1 is 1.38 bits per heavy atom. The van der Waals surface area contributed by atoms with Crippen molar-refractivity contribution in [1.82, 2.24) is 0 Å². The highest BCUT2D eigenvalue weighted by molar-refractivity contribution is 5.73. The summed E-state index contributed by atoms with van der Waals surface area (Å²) in [5.41, 5.74) is 3.24. The first-order chi connectivity index (χ1) is 7.30. The quantitative estimate of drug-likeness (QED) is 0.825. The second-order valence-electron chi connectivity index (χ2n) is 5.03. The molecule has 0 saturated carbocycles. The second kappa shape index (κ2) is 4.56. The van der Waals surface area contributed by atoms with Crippen molar-refractivity contribution >= 4 is 11.7 Å². The maximum Gasteiger partial charge on any atom is 0.322 e. The Labute approximate surface area is 96.5 Å². The van der Waals surface area contributed by atoms with Gasteiger partial charge in [-0.15, -0.1) is 0 Å². The molecule has 0 aliphatic rings. The molecule has 2 N–H and O–H groups in total. The van der Waals surface area contributed by atoms with E-state index in [9.17, 15) is 4.79 Å². The monoisotopic (exact) mass is 221 g/mol. The van der Waals surface area contributed by atoms with Gasteiger partial charge in [0.25, 0.3) is 0 Å². The van der Waals surface area contributed by atoms with Crippen molar-refractivity contribution in [3.63, 3.8) is 0 Å². The van der Waals surface area contributed by atoms with Crippen molar-refractivity contribution < 1.29 is 9.90 Å². The normalized spacial score (nSPS) is 11.2. The van der Waals surface area contributed by atoms with E-state index in [1.807, 2.05) is 19.1 Å². The highest BCUT2D eigenvalue weighted by Crippen LogP contribution is 2.26. The minimum Gasteiger partial charge on any atom is -0.480 e. The summed E-state index contributed by atoms with van der Waals surface area (Å²) in [5.74, 6) is -0.847. The molecule has 0 amide bonds. The molecule has 0 spiro atoms. The van der Waals surface area contributed by atoms with Crippen LogP contribution in [0.15, 0.2) is 18.2 Å². The van der Waals surface area contributed by atoms with Crippen LogP contribution in [0.5, 0.6) is 0 Å². The summed E-state index contributed by atoms with van der Waals surface area (Å²) in [4.78, 5) is 10.5. The van der Waals surface area contributed by atoms with Gasteiger partial charge >= 0.3 is 5.97 Å². The number of carboxylic acids is 1. The van der Waals surface area contributed by atoms with Crippen molar-refractivity contribution in [1.29, 1.82) is 0 Å². The summed E-state index contributed by atoms with van der Waals surface area (Å²) >= 11 is 0. The lowest BCUT2D eigenvalue weighted by Gasteiger charge is -2.21. The lowest BCUT2D eigenvalue weighted by atomic mass is 9.86. The van der Waals surface area contributed by atoms with Crippen molar-refractivity contribution in [3.05, 3.63) is 29.3 Å². The Kier molecular flexibility index (Phi) is 3.58. The van der Waals surface area contributed by atoms with Gasteiger partial charge in [-0.1, -0.05) is 32.9 Å². The number of aryl methyl sites for hydroxylation is 1.